The summed E-state index contributed by atoms with van der Waals surface area (Å²) >= 11 is 0. The molecule has 1 aliphatic carbocycles. The summed E-state index contributed by atoms with van der Waals surface area (Å²) in [6.45, 7) is 4.48. The minimum absolute atomic E-state index is 0. The Morgan fingerprint density at radius 2 is 2.00 bits per heavy atom. The van der Waals surface area contributed by atoms with E-state index in [-0.39, 0.29) is 25.8 Å². The standard InChI is InChI=1S/C12H19.Hf/c1-3-5-7-12-9-8-11(10-12)6-4-2;/h10H,3-7,9H2,1-2H3;/q-1;. The van der Waals surface area contributed by atoms with Crippen LogP contribution >= 0.6 is 0 Å². The molecular formula is C12H19Hf-. The van der Waals surface area contributed by atoms with Gasteiger partial charge in [0.1, 0.15) is 0 Å². The summed E-state index contributed by atoms with van der Waals surface area (Å²) in [6.07, 6.45) is 13.3. The van der Waals surface area contributed by atoms with Gasteiger partial charge in [-0.2, -0.15) is 5.57 Å². The normalized spacial score (nSPS) is 14.9. The van der Waals surface area contributed by atoms with Crippen molar-refractivity contribution in [3.63, 3.8) is 0 Å². The number of unbranched alkanes of at least 4 members (excludes halogenated alkanes) is 1. The van der Waals surface area contributed by atoms with Crippen LogP contribution in [-0.4, -0.2) is 0 Å². The second-order valence-corrected chi connectivity index (χ2v) is 3.53. The van der Waals surface area contributed by atoms with E-state index in [1.54, 1.807) is 5.57 Å². The van der Waals surface area contributed by atoms with E-state index in [0.29, 0.717) is 0 Å². The van der Waals surface area contributed by atoms with Crippen LogP contribution in [0.4, 0.5) is 0 Å². The van der Waals surface area contributed by atoms with Crippen LogP contribution in [-0.2, 0) is 25.8 Å². The second-order valence-electron chi connectivity index (χ2n) is 3.53. The molecule has 0 N–H and O–H groups in total. The molecule has 0 aliphatic heterocycles. The minimum atomic E-state index is 0. The number of hydrogen-bond donors (Lipinski definition) is 0. The molecule has 1 aliphatic rings. The van der Waals surface area contributed by atoms with Gasteiger partial charge >= 0.3 is 0 Å². The molecule has 72 valence electrons. The van der Waals surface area contributed by atoms with Gasteiger partial charge in [-0.05, 0) is 6.42 Å². The zero-order chi connectivity index (χ0) is 8.81. The molecule has 0 nitrogen and oxygen atoms in total. The Hall–Kier alpha value is 0.350. The van der Waals surface area contributed by atoms with Crippen molar-refractivity contribution in [1.82, 2.24) is 0 Å². The molecule has 0 bridgehead atoms. The summed E-state index contributed by atoms with van der Waals surface area (Å²) < 4.78 is 0. The molecule has 1 heteroatoms. The van der Waals surface area contributed by atoms with Gasteiger partial charge in [-0.15, -0.1) is 6.42 Å². The van der Waals surface area contributed by atoms with E-state index >= 15 is 0 Å². The smallest absolute Gasteiger partial charge is 0 e. The van der Waals surface area contributed by atoms with Gasteiger partial charge in [-0.1, -0.05) is 39.5 Å². The average Bonchev–Trinajstić information content (AvgIpc) is 2.50. The molecule has 0 fully saturated rings. The number of hydrogen-bond acceptors (Lipinski definition) is 0. The molecule has 0 radical (unpaired) electrons. The Morgan fingerprint density at radius 3 is 2.62 bits per heavy atom. The van der Waals surface area contributed by atoms with Crippen molar-refractivity contribution in [1.29, 1.82) is 0 Å². The summed E-state index contributed by atoms with van der Waals surface area (Å²) in [4.78, 5) is 0. The van der Waals surface area contributed by atoms with E-state index in [2.05, 4.69) is 26.0 Å². The summed E-state index contributed by atoms with van der Waals surface area (Å²) in [5, 5.41) is 0. The van der Waals surface area contributed by atoms with Gasteiger partial charge in [0.2, 0.25) is 0 Å². The predicted octanol–water partition coefficient (Wildman–Crippen LogP) is 4.03. The third-order valence-corrected chi connectivity index (χ3v) is 2.29. The zero-order valence-corrected chi connectivity index (χ0v) is 12.4. The first-order valence-electron chi connectivity index (χ1n) is 5.16. The van der Waals surface area contributed by atoms with Crippen molar-refractivity contribution >= 4 is 0 Å². The summed E-state index contributed by atoms with van der Waals surface area (Å²) in [5.41, 5.74) is 3.05. The minimum Gasteiger partial charge on any atom is -0.269 e. The molecule has 13 heavy (non-hydrogen) atoms. The maximum Gasteiger partial charge on any atom is 0 e. The van der Waals surface area contributed by atoms with E-state index < -0.39 is 0 Å². The third-order valence-electron chi connectivity index (χ3n) is 2.29. The average molecular weight is 342 g/mol. The molecule has 0 saturated carbocycles. The molecule has 0 saturated heterocycles. The molecule has 1 rings (SSSR count). The maximum absolute atomic E-state index is 3.44. The molecular weight excluding hydrogens is 323 g/mol. The van der Waals surface area contributed by atoms with Crippen LogP contribution in [0.2, 0.25) is 0 Å². The molecule has 0 aromatic heterocycles. The van der Waals surface area contributed by atoms with E-state index in [0.717, 1.165) is 6.42 Å². The monoisotopic (exact) mass is 343 g/mol. The summed E-state index contributed by atoms with van der Waals surface area (Å²) in [7, 11) is 0. The van der Waals surface area contributed by atoms with Crippen molar-refractivity contribution < 1.29 is 25.8 Å². The fourth-order valence-corrected chi connectivity index (χ4v) is 1.57. The molecule has 0 atom stereocenters. The largest absolute Gasteiger partial charge is 0.269 e. The first kappa shape index (κ1) is 13.4. The molecule has 0 spiro atoms. The van der Waals surface area contributed by atoms with Crippen molar-refractivity contribution in [2.45, 2.75) is 52.4 Å². The Labute approximate surface area is 101 Å². The summed E-state index contributed by atoms with van der Waals surface area (Å²) in [5.74, 6) is 0. The third kappa shape index (κ3) is 4.95. The summed E-state index contributed by atoms with van der Waals surface area (Å²) in [6, 6.07) is 0. The number of allylic oxidation sites excluding steroid dienone is 4. The SMILES string of the molecule is CCCCC1=CC(CCC)=[C-]C1.[Hf]. The van der Waals surface area contributed by atoms with E-state index in [1.165, 1.54) is 37.7 Å². The van der Waals surface area contributed by atoms with Crippen molar-refractivity contribution in [2.24, 2.45) is 0 Å². The molecule has 0 aromatic rings. The van der Waals surface area contributed by atoms with E-state index in [9.17, 15) is 0 Å². The van der Waals surface area contributed by atoms with Crippen LogP contribution < -0.4 is 0 Å². The van der Waals surface area contributed by atoms with Gasteiger partial charge in [0.05, 0.1) is 0 Å². The van der Waals surface area contributed by atoms with Gasteiger partial charge in [-0.25, -0.2) is 11.6 Å². The van der Waals surface area contributed by atoms with Crippen LogP contribution in [0.1, 0.15) is 52.4 Å². The topological polar surface area (TPSA) is 0 Å². The van der Waals surface area contributed by atoms with Gasteiger partial charge in [0.25, 0.3) is 0 Å². The van der Waals surface area contributed by atoms with Gasteiger partial charge in [0, 0.05) is 25.8 Å². The molecule has 0 unspecified atom stereocenters. The second kappa shape index (κ2) is 7.73. The van der Waals surface area contributed by atoms with Crippen LogP contribution in [0.5, 0.6) is 0 Å². The maximum atomic E-state index is 3.44. The van der Waals surface area contributed by atoms with Crippen molar-refractivity contribution in [2.75, 3.05) is 0 Å². The fraction of sp³-hybridized carbons (Fsp3) is 0.667. The first-order chi connectivity index (χ1) is 5.86. The predicted molar refractivity (Wildman–Crippen MR) is 53.9 cm³/mol. The van der Waals surface area contributed by atoms with E-state index in [4.69, 9.17) is 0 Å². The van der Waals surface area contributed by atoms with Crippen molar-refractivity contribution in [3.05, 3.63) is 23.3 Å². The quantitative estimate of drug-likeness (QED) is 0.523. The Bertz CT molecular complexity index is 189. The number of rotatable bonds is 5. The van der Waals surface area contributed by atoms with Crippen molar-refractivity contribution in [3.8, 4) is 0 Å². The van der Waals surface area contributed by atoms with Crippen LogP contribution in [0.15, 0.2) is 17.2 Å². The van der Waals surface area contributed by atoms with Crippen LogP contribution in [0, 0.1) is 6.08 Å². The molecule has 0 heterocycles. The van der Waals surface area contributed by atoms with Crippen LogP contribution in [0.3, 0.4) is 0 Å². The van der Waals surface area contributed by atoms with Crippen LogP contribution in [0.25, 0.3) is 0 Å². The zero-order valence-electron chi connectivity index (χ0n) is 8.82. The fourth-order valence-electron chi connectivity index (χ4n) is 1.57. The Balaban J connectivity index is 0.00000144. The first-order valence-corrected chi connectivity index (χ1v) is 5.16. The van der Waals surface area contributed by atoms with E-state index in [1.807, 2.05) is 0 Å². The molecule has 0 aromatic carbocycles. The van der Waals surface area contributed by atoms with Gasteiger partial charge < -0.3 is 0 Å². The Morgan fingerprint density at radius 1 is 1.23 bits per heavy atom. The molecule has 0 amide bonds. The van der Waals surface area contributed by atoms with Gasteiger partial charge in [-0.3, -0.25) is 6.08 Å². The van der Waals surface area contributed by atoms with Gasteiger partial charge in [0.15, 0.2) is 0 Å². The Kier molecular flexibility index (Phi) is 7.93.